The summed E-state index contributed by atoms with van der Waals surface area (Å²) in [5.74, 6) is -4.11. The van der Waals surface area contributed by atoms with Crippen LogP contribution in [0.3, 0.4) is 0 Å². The van der Waals surface area contributed by atoms with Crippen molar-refractivity contribution in [3.63, 3.8) is 0 Å². The molecule has 1 rings (SSSR count). The predicted octanol–water partition coefficient (Wildman–Crippen LogP) is 1.14. The molecule has 0 aliphatic rings. The van der Waals surface area contributed by atoms with Crippen LogP contribution in [0.15, 0.2) is 12.1 Å². The quantitative estimate of drug-likeness (QED) is 0.709. The van der Waals surface area contributed by atoms with Gasteiger partial charge in [0.2, 0.25) is 0 Å². The number of carboxylic acid groups (broad SMARTS) is 1. The van der Waals surface area contributed by atoms with Crippen molar-refractivity contribution in [3.8, 4) is 5.75 Å². The minimum Gasteiger partial charge on any atom is -0.505 e. The van der Waals surface area contributed by atoms with Crippen LogP contribution in [0.25, 0.3) is 0 Å². The number of aromatic hydroxyl groups is 1. The van der Waals surface area contributed by atoms with Crippen LogP contribution in [0.2, 0.25) is 0 Å². The maximum atomic E-state index is 12.8. The van der Waals surface area contributed by atoms with E-state index >= 15 is 0 Å². The summed E-state index contributed by atoms with van der Waals surface area (Å²) in [6, 6.07) is 0.158. The van der Waals surface area contributed by atoms with E-state index in [9.17, 15) is 18.7 Å². The Bertz CT molecular complexity index is 395. The van der Waals surface area contributed by atoms with E-state index in [4.69, 9.17) is 10.8 Å². The molecule has 0 saturated carbocycles. The molecule has 0 spiro atoms. The van der Waals surface area contributed by atoms with Gasteiger partial charge in [0.1, 0.15) is 5.82 Å². The van der Waals surface area contributed by atoms with Crippen LogP contribution in [0.4, 0.5) is 8.78 Å². The van der Waals surface area contributed by atoms with Gasteiger partial charge < -0.3 is 15.9 Å². The number of halogens is 2. The Hall–Kier alpha value is -1.69. The SMILES string of the molecule is NC(CC(=O)O)c1cc(F)cc(F)c1O. The van der Waals surface area contributed by atoms with E-state index in [1.165, 1.54) is 0 Å². The van der Waals surface area contributed by atoms with E-state index in [-0.39, 0.29) is 5.56 Å². The van der Waals surface area contributed by atoms with Gasteiger partial charge in [0.15, 0.2) is 11.6 Å². The Morgan fingerprint density at radius 3 is 2.60 bits per heavy atom. The third-order valence-electron chi connectivity index (χ3n) is 1.85. The van der Waals surface area contributed by atoms with Gasteiger partial charge in [-0.15, -0.1) is 0 Å². The fourth-order valence-electron chi connectivity index (χ4n) is 1.17. The van der Waals surface area contributed by atoms with Crippen molar-refractivity contribution in [1.29, 1.82) is 0 Å². The Morgan fingerprint density at radius 2 is 2.07 bits per heavy atom. The molecule has 4 nitrogen and oxygen atoms in total. The minimum atomic E-state index is -1.22. The summed E-state index contributed by atoms with van der Waals surface area (Å²) < 4.78 is 25.6. The fourth-order valence-corrected chi connectivity index (χ4v) is 1.17. The molecule has 0 fully saturated rings. The first kappa shape index (κ1) is 11.4. The van der Waals surface area contributed by atoms with E-state index < -0.39 is 35.8 Å². The Labute approximate surface area is 83.9 Å². The van der Waals surface area contributed by atoms with Crippen molar-refractivity contribution in [3.05, 3.63) is 29.3 Å². The molecule has 0 amide bonds. The average Bonchev–Trinajstić information content (AvgIpc) is 2.09. The maximum absolute atomic E-state index is 12.8. The molecule has 6 heteroatoms. The van der Waals surface area contributed by atoms with Crippen molar-refractivity contribution < 1.29 is 23.8 Å². The second-order valence-corrected chi connectivity index (χ2v) is 3.03. The lowest BCUT2D eigenvalue weighted by Gasteiger charge is -2.11. The molecule has 1 aromatic rings. The first-order valence-corrected chi connectivity index (χ1v) is 4.07. The van der Waals surface area contributed by atoms with Crippen molar-refractivity contribution in [2.45, 2.75) is 12.5 Å². The van der Waals surface area contributed by atoms with E-state index in [0.717, 1.165) is 6.07 Å². The molecule has 0 aliphatic carbocycles. The van der Waals surface area contributed by atoms with E-state index in [2.05, 4.69) is 0 Å². The molecule has 15 heavy (non-hydrogen) atoms. The maximum Gasteiger partial charge on any atom is 0.305 e. The number of hydrogen-bond donors (Lipinski definition) is 3. The van der Waals surface area contributed by atoms with Gasteiger partial charge in [0.05, 0.1) is 6.42 Å². The minimum absolute atomic E-state index is 0.255. The lowest BCUT2D eigenvalue weighted by Crippen LogP contribution is -2.15. The fraction of sp³-hybridized carbons (Fsp3) is 0.222. The molecule has 0 saturated heterocycles. The van der Waals surface area contributed by atoms with Gasteiger partial charge in [-0.3, -0.25) is 4.79 Å². The average molecular weight is 217 g/mol. The van der Waals surface area contributed by atoms with Crippen LogP contribution in [0.1, 0.15) is 18.0 Å². The third-order valence-corrected chi connectivity index (χ3v) is 1.85. The standard InChI is InChI=1S/C9H9F2NO3/c10-4-1-5(7(12)3-8(13)14)9(15)6(11)2-4/h1-2,7,15H,3,12H2,(H,13,14). The molecular formula is C9H9F2NO3. The number of phenols is 1. The number of nitrogens with two attached hydrogens (primary N) is 1. The number of carboxylic acids is 1. The molecule has 4 N–H and O–H groups in total. The number of rotatable bonds is 3. The smallest absolute Gasteiger partial charge is 0.305 e. The summed E-state index contributed by atoms with van der Waals surface area (Å²) in [6.45, 7) is 0. The first-order valence-electron chi connectivity index (χ1n) is 4.07. The van der Waals surface area contributed by atoms with E-state index in [1.807, 2.05) is 0 Å². The van der Waals surface area contributed by atoms with Gasteiger partial charge in [0, 0.05) is 17.7 Å². The van der Waals surface area contributed by atoms with Crippen LogP contribution < -0.4 is 5.73 Å². The van der Waals surface area contributed by atoms with Crippen LogP contribution in [-0.4, -0.2) is 16.2 Å². The van der Waals surface area contributed by atoms with Gasteiger partial charge >= 0.3 is 5.97 Å². The highest BCUT2D eigenvalue weighted by Crippen LogP contribution is 2.28. The monoisotopic (exact) mass is 217 g/mol. The zero-order chi connectivity index (χ0) is 11.6. The molecule has 1 atom stereocenters. The highest BCUT2D eigenvalue weighted by molar-refractivity contribution is 5.68. The number of benzene rings is 1. The predicted molar refractivity (Wildman–Crippen MR) is 47.2 cm³/mol. The van der Waals surface area contributed by atoms with Crippen LogP contribution >= 0.6 is 0 Å². The highest BCUT2D eigenvalue weighted by Gasteiger charge is 2.18. The lowest BCUT2D eigenvalue weighted by atomic mass is 10.0. The molecule has 82 valence electrons. The van der Waals surface area contributed by atoms with Gasteiger partial charge in [0.25, 0.3) is 0 Å². The molecule has 0 radical (unpaired) electrons. The lowest BCUT2D eigenvalue weighted by molar-refractivity contribution is -0.137. The zero-order valence-corrected chi connectivity index (χ0v) is 7.58. The molecule has 0 bridgehead atoms. The van der Waals surface area contributed by atoms with Gasteiger partial charge in [-0.2, -0.15) is 0 Å². The normalized spacial score (nSPS) is 12.5. The summed E-state index contributed by atoms with van der Waals surface area (Å²) in [7, 11) is 0. The van der Waals surface area contributed by atoms with Gasteiger partial charge in [-0.25, -0.2) is 8.78 Å². The second kappa shape index (κ2) is 4.22. The molecule has 1 aromatic carbocycles. The number of phenolic OH excluding ortho intramolecular Hbond substituents is 1. The summed E-state index contributed by atoms with van der Waals surface area (Å²) in [4.78, 5) is 10.3. The number of aliphatic carboxylic acids is 1. The molecular weight excluding hydrogens is 208 g/mol. The van der Waals surface area contributed by atoms with Crippen LogP contribution in [-0.2, 0) is 4.79 Å². The zero-order valence-electron chi connectivity index (χ0n) is 7.58. The Balaban J connectivity index is 3.07. The van der Waals surface area contributed by atoms with E-state index in [0.29, 0.717) is 6.07 Å². The van der Waals surface area contributed by atoms with Gasteiger partial charge in [-0.1, -0.05) is 0 Å². The van der Waals surface area contributed by atoms with Crippen molar-refractivity contribution in [2.75, 3.05) is 0 Å². The summed E-state index contributed by atoms with van der Waals surface area (Å²) in [5, 5.41) is 17.6. The molecule has 1 unspecified atom stereocenters. The largest absolute Gasteiger partial charge is 0.505 e. The van der Waals surface area contributed by atoms with Crippen molar-refractivity contribution >= 4 is 5.97 Å². The van der Waals surface area contributed by atoms with Crippen LogP contribution in [0, 0.1) is 11.6 Å². The third kappa shape index (κ3) is 2.63. The highest BCUT2D eigenvalue weighted by atomic mass is 19.1. The van der Waals surface area contributed by atoms with Crippen LogP contribution in [0.5, 0.6) is 5.75 Å². The summed E-state index contributed by atoms with van der Waals surface area (Å²) >= 11 is 0. The van der Waals surface area contributed by atoms with Crippen molar-refractivity contribution in [1.82, 2.24) is 0 Å². The number of carbonyl (C=O) groups is 1. The topological polar surface area (TPSA) is 83.6 Å². The summed E-state index contributed by atoms with van der Waals surface area (Å²) in [5.41, 5.74) is 5.11. The first-order chi connectivity index (χ1) is 6.91. The summed E-state index contributed by atoms with van der Waals surface area (Å²) in [6.07, 6.45) is -0.517. The molecule has 0 aromatic heterocycles. The van der Waals surface area contributed by atoms with Gasteiger partial charge in [-0.05, 0) is 6.07 Å². The molecule has 0 heterocycles. The Morgan fingerprint density at radius 1 is 1.47 bits per heavy atom. The Kier molecular flexibility index (Phi) is 3.21. The number of hydrogen-bond acceptors (Lipinski definition) is 3. The van der Waals surface area contributed by atoms with E-state index in [1.54, 1.807) is 0 Å². The molecule has 0 aliphatic heterocycles. The van der Waals surface area contributed by atoms with Crippen molar-refractivity contribution in [2.24, 2.45) is 5.73 Å². The second-order valence-electron chi connectivity index (χ2n) is 3.03.